The molecule has 2 atom stereocenters. The quantitative estimate of drug-likeness (QED) is 0.780. The van der Waals surface area contributed by atoms with Crippen LogP contribution in [0.5, 0.6) is 0 Å². The second-order valence-corrected chi connectivity index (χ2v) is 6.32. The molecule has 2 fully saturated rings. The predicted octanol–water partition coefficient (Wildman–Crippen LogP) is 2.05. The summed E-state index contributed by atoms with van der Waals surface area (Å²) in [6, 6.07) is 0.833. The van der Waals surface area contributed by atoms with Gasteiger partial charge in [0.1, 0.15) is 0 Å². The molecule has 0 N–H and O–H groups in total. The summed E-state index contributed by atoms with van der Waals surface area (Å²) >= 11 is 0. The van der Waals surface area contributed by atoms with Crippen LogP contribution in [0.4, 0.5) is 0 Å². The maximum Gasteiger partial charge on any atom is 0.0750 e. The van der Waals surface area contributed by atoms with Crippen LogP contribution < -0.4 is 0 Å². The zero-order valence-corrected chi connectivity index (χ0v) is 13.1. The zero-order valence-electron chi connectivity index (χ0n) is 13.1. The molecule has 21 heavy (non-hydrogen) atoms. The van der Waals surface area contributed by atoms with Crippen molar-refractivity contribution in [1.29, 1.82) is 0 Å². The van der Waals surface area contributed by atoms with Gasteiger partial charge in [0.2, 0.25) is 0 Å². The number of ether oxygens (including phenoxy) is 1. The van der Waals surface area contributed by atoms with Crippen molar-refractivity contribution in [3.05, 3.63) is 18.0 Å². The highest BCUT2D eigenvalue weighted by Gasteiger charge is 2.32. The zero-order chi connectivity index (χ0) is 14.7. The Morgan fingerprint density at radius 1 is 1.38 bits per heavy atom. The van der Waals surface area contributed by atoms with Crippen LogP contribution in [0.1, 0.15) is 38.2 Å². The van der Waals surface area contributed by atoms with Gasteiger partial charge in [-0.05, 0) is 25.7 Å². The normalized spacial score (nSPS) is 25.5. The van der Waals surface area contributed by atoms with Crippen LogP contribution in [-0.4, -0.2) is 46.5 Å². The number of rotatable bonds is 2. The van der Waals surface area contributed by atoms with Crippen LogP contribution >= 0.6 is 0 Å². The molecule has 1 aromatic heterocycles. The van der Waals surface area contributed by atoms with Crippen molar-refractivity contribution >= 4 is 0 Å². The molecule has 0 radical (unpaired) electrons. The van der Waals surface area contributed by atoms with E-state index >= 15 is 0 Å². The van der Waals surface area contributed by atoms with Crippen LogP contribution in [0.15, 0.2) is 12.4 Å². The van der Waals surface area contributed by atoms with Crippen molar-refractivity contribution in [2.45, 2.75) is 44.7 Å². The Labute approximate surface area is 127 Å². The van der Waals surface area contributed by atoms with Gasteiger partial charge in [-0.2, -0.15) is 5.10 Å². The lowest BCUT2D eigenvalue weighted by atomic mass is 9.95. The van der Waals surface area contributed by atoms with Gasteiger partial charge in [-0.1, -0.05) is 24.7 Å². The minimum atomic E-state index is 0.367. The second-order valence-electron chi connectivity index (χ2n) is 6.32. The Bertz CT molecular complexity index is 522. The van der Waals surface area contributed by atoms with Gasteiger partial charge in [0.15, 0.2) is 0 Å². The van der Waals surface area contributed by atoms with Crippen LogP contribution in [0.3, 0.4) is 0 Å². The number of hydrogen-bond acceptors (Lipinski definition) is 3. The van der Waals surface area contributed by atoms with Gasteiger partial charge in [0.05, 0.1) is 31.0 Å². The summed E-state index contributed by atoms with van der Waals surface area (Å²) in [5.41, 5.74) is 1.02. The SMILES string of the molecule is CC1COCCN1C(C#Cc1cnn(C)c1)C1CCCC1. The van der Waals surface area contributed by atoms with Crippen molar-refractivity contribution in [1.82, 2.24) is 14.7 Å². The third kappa shape index (κ3) is 3.48. The summed E-state index contributed by atoms with van der Waals surface area (Å²) in [6.45, 7) is 4.93. The smallest absolute Gasteiger partial charge is 0.0750 e. The van der Waals surface area contributed by atoms with E-state index in [9.17, 15) is 0 Å². The molecular weight excluding hydrogens is 262 g/mol. The van der Waals surface area contributed by atoms with E-state index in [1.165, 1.54) is 25.7 Å². The first-order chi connectivity index (χ1) is 10.2. The Balaban J connectivity index is 1.80. The molecule has 1 saturated heterocycles. The summed E-state index contributed by atoms with van der Waals surface area (Å²) in [6.07, 6.45) is 9.18. The van der Waals surface area contributed by atoms with E-state index in [0.29, 0.717) is 12.1 Å². The van der Waals surface area contributed by atoms with Crippen LogP contribution in [0.25, 0.3) is 0 Å². The van der Waals surface area contributed by atoms with Gasteiger partial charge < -0.3 is 4.74 Å². The highest BCUT2D eigenvalue weighted by Crippen LogP contribution is 2.31. The van der Waals surface area contributed by atoms with Crippen molar-refractivity contribution in [3.8, 4) is 11.8 Å². The Kier molecular flexibility index (Phi) is 4.62. The molecule has 0 aromatic carbocycles. The lowest BCUT2D eigenvalue weighted by Crippen LogP contribution is -2.51. The van der Waals surface area contributed by atoms with Gasteiger partial charge in [-0.15, -0.1) is 0 Å². The van der Waals surface area contributed by atoms with Crippen molar-refractivity contribution in [2.24, 2.45) is 13.0 Å². The summed E-state index contributed by atoms with van der Waals surface area (Å²) < 4.78 is 7.40. The third-order valence-corrected chi connectivity index (χ3v) is 4.69. The summed E-state index contributed by atoms with van der Waals surface area (Å²) in [5.74, 6) is 7.62. The molecule has 114 valence electrons. The van der Waals surface area contributed by atoms with Crippen LogP contribution in [0, 0.1) is 17.8 Å². The van der Waals surface area contributed by atoms with Crippen LogP contribution in [-0.2, 0) is 11.8 Å². The molecular formula is C17H25N3O. The third-order valence-electron chi connectivity index (χ3n) is 4.69. The second kappa shape index (κ2) is 6.64. The van der Waals surface area contributed by atoms with E-state index in [1.807, 2.05) is 24.1 Å². The van der Waals surface area contributed by atoms with Gasteiger partial charge >= 0.3 is 0 Å². The number of aryl methyl sites for hydroxylation is 1. The van der Waals surface area contributed by atoms with Gasteiger partial charge in [0.25, 0.3) is 0 Å². The molecule has 0 spiro atoms. The van der Waals surface area contributed by atoms with Crippen molar-refractivity contribution in [3.63, 3.8) is 0 Å². The summed E-state index contributed by atoms with van der Waals surface area (Å²) in [4.78, 5) is 2.56. The number of hydrogen-bond donors (Lipinski definition) is 0. The maximum absolute atomic E-state index is 5.59. The molecule has 1 aliphatic carbocycles. The van der Waals surface area contributed by atoms with Gasteiger partial charge in [-0.3, -0.25) is 9.58 Å². The molecule has 2 aliphatic rings. The molecule has 4 heteroatoms. The highest BCUT2D eigenvalue weighted by atomic mass is 16.5. The molecule has 1 aliphatic heterocycles. The fraction of sp³-hybridized carbons (Fsp3) is 0.706. The van der Waals surface area contributed by atoms with E-state index in [0.717, 1.165) is 31.2 Å². The number of morpholine rings is 1. The molecule has 0 bridgehead atoms. The van der Waals surface area contributed by atoms with Crippen molar-refractivity contribution in [2.75, 3.05) is 19.8 Å². The maximum atomic E-state index is 5.59. The first kappa shape index (κ1) is 14.6. The number of nitrogens with zero attached hydrogens (tertiary/aromatic N) is 3. The van der Waals surface area contributed by atoms with Crippen LogP contribution in [0.2, 0.25) is 0 Å². The molecule has 0 amide bonds. The van der Waals surface area contributed by atoms with E-state index in [2.05, 4.69) is 28.8 Å². The molecule has 1 aromatic rings. The average Bonchev–Trinajstić information content (AvgIpc) is 3.13. The molecule has 4 nitrogen and oxygen atoms in total. The largest absolute Gasteiger partial charge is 0.379 e. The lowest BCUT2D eigenvalue weighted by Gasteiger charge is -2.39. The van der Waals surface area contributed by atoms with E-state index in [4.69, 9.17) is 4.74 Å². The first-order valence-electron chi connectivity index (χ1n) is 8.08. The standard InChI is InChI=1S/C17H25N3O/c1-14-13-21-10-9-20(14)17(16-5-3-4-6-16)8-7-15-11-18-19(2)12-15/h11-12,14,16-17H,3-6,9-10,13H2,1-2H3. The number of aromatic nitrogens is 2. The predicted molar refractivity (Wildman–Crippen MR) is 82.8 cm³/mol. The fourth-order valence-corrected chi connectivity index (χ4v) is 3.54. The minimum Gasteiger partial charge on any atom is -0.379 e. The monoisotopic (exact) mass is 287 g/mol. The lowest BCUT2D eigenvalue weighted by molar-refractivity contribution is -0.0211. The first-order valence-corrected chi connectivity index (χ1v) is 8.08. The van der Waals surface area contributed by atoms with E-state index < -0.39 is 0 Å². The Morgan fingerprint density at radius 3 is 2.86 bits per heavy atom. The summed E-state index contributed by atoms with van der Waals surface area (Å²) in [5, 5.41) is 4.20. The van der Waals surface area contributed by atoms with E-state index in [-0.39, 0.29) is 0 Å². The minimum absolute atomic E-state index is 0.367. The Morgan fingerprint density at radius 2 is 2.19 bits per heavy atom. The molecule has 2 heterocycles. The molecule has 2 unspecified atom stereocenters. The average molecular weight is 287 g/mol. The van der Waals surface area contributed by atoms with E-state index in [1.54, 1.807) is 0 Å². The molecule has 1 saturated carbocycles. The van der Waals surface area contributed by atoms with Gasteiger partial charge in [0, 0.05) is 25.8 Å². The fourth-order valence-electron chi connectivity index (χ4n) is 3.54. The van der Waals surface area contributed by atoms with Crippen molar-refractivity contribution < 1.29 is 4.74 Å². The topological polar surface area (TPSA) is 30.3 Å². The highest BCUT2D eigenvalue weighted by molar-refractivity contribution is 5.31. The molecule has 3 rings (SSSR count). The summed E-state index contributed by atoms with van der Waals surface area (Å²) in [7, 11) is 1.93. The van der Waals surface area contributed by atoms with Gasteiger partial charge in [-0.25, -0.2) is 0 Å². The Hall–Kier alpha value is -1.31.